The molecule has 0 atom stereocenters. The Bertz CT molecular complexity index is 492. The van der Waals surface area contributed by atoms with Gasteiger partial charge in [-0.05, 0) is 32.1 Å². The summed E-state index contributed by atoms with van der Waals surface area (Å²) in [4.78, 5) is 8.09. The largest absolute Gasteiger partial charge is 0.466 e. The number of anilines is 2. The van der Waals surface area contributed by atoms with Crippen LogP contribution in [0.4, 0.5) is 24.7 Å². The fourth-order valence-corrected chi connectivity index (χ4v) is 1.86. The summed E-state index contributed by atoms with van der Waals surface area (Å²) in [5.41, 5.74) is 6.73. The number of nitrogens with two attached hydrogens (primary N) is 1. The predicted molar refractivity (Wildman–Crippen MR) is 81.4 cm³/mol. The van der Waals surface area contributed by atoms with Gasteiger partial charge >= 0.3 is 6.18 Å². The zero-order valence-corrected chi connectivity index (χ0v) is 13.4. The molecule has 0 bridgehead atoms. The van der Waals surface area contributed by atoms with Crippen LogP contribution in [0.15, 0.2) is 6.07 Å². The van der Waals surface area contributed by atoms with E-state index in [9.17, 15) is 13.2 Å². The van der Waals surface area contributed by atoms with E-state index < -0.39 is 12.8 Å². The monoisotopic (exact) mass is 320 g/mol. The van der Waals surface area contributed by atoms with Crippen LogP contribution in [0.3, 0.4) is 0 Å². The van der Waals surface area contributed by atoms with Crippen molar-refractivity contribution in [1.82, 2.24) is 9.88 Å². The molecule has 0 unspecified atom stereocenters. The number of likely N-dealkylation sites (N-methyl/N-ethyl adjacent to an activating group) is 2. The molecule has 0 saturated carbocycles. The number of ether oxygens (including phenoxy) is 1. The molecule has 0 spiro atoms. The second kappa shape index (κ2) is 7.53. The van der Waals surface area contributed by atoms with Crippen LogP contribution in [0.1, 0.15) is 12.5 Å². The molecule has 5 nitrogen and oxygen atoms in total. The molecule has 2 N–H and O–H groups in total. The number of pyridine rings is 1. The average molecular weight is 320 g/mol. The zero-order valence-electron chi connectivity index (χ0n) is 13.4. The van der Waals surface area contributed by atoms with Crippen LogP contribution in [0, 0.1) is 0 Å². The van der Waals surface area contributed by atoms with E-state index in [2.05, 4.69) is 4.98 Å². The highest BCUT2D eigenvalue weighted by molar-refractivity contribution is 5.59. The molecule has 0 aliphatic carbocycles. The summed E-state index contributed by atoms with van der Waals surface area (Å²) in [5.74, 6) is 0.414. The smallest absolute Gasteiger partial charge is 0.422 e. The molecule has 0 aromatic carbocycles. The summed E-state index contributed by atoms with van der Waals surface area (Å²) >= 11 is 0. The summed E-state index contributed by atoms with van der Waals surface area (Å²) in [7, 11) is 5.74. The fraction of sp³-hybridized carbons (Fsp3) is 0.643. The van der Waals surface area contributed by atoms with Crippen molar-refractivity contribution < 1.29 is 17.9 Å². The Hall–Kier alpha value is -1.70. The van der Waals surface area contributed by atoms with Gasteiger partial charge in [0.2, 0.25) is 5.88 Å². The van der Waals surface area contributed by atoms with E-state index in [-0.39, 0.29) is 11.6 Å². The molecule has 0 amide bonds. The molecule has 0 radical (unpaired) electrons. The van der Waals surface area contributed by atoms with Crippen molar-refractivity contribution in [2.45, 2.75) is 19.5 Å². The number of aryl methyl sites for hydroxylation is 1. The summed E-state index contributed by atoms with van der Waals surface area (Å²) in [6, 6.07) is 1.63. The minimum Gasteiger partial charge on any atom is -0.466 e. The molecular weight excluding hydrogens is 297 g/mol. The molecule has 1 aromatic rings. The Morgan fingerprint density at radius 1 is 1.23 bits per heavy atom. The van der Waals surface area contributed by atoms with Gasteiger partial charge in [-0.3, -0.25) is 0 Å². The van der Waals surface area contributed by atoms with Gasteiger partial charge in [0.1, 0.15) is 5.82 Å². The second-order valence-electron chi connectivity index (χ2n) is 5.35. The van der Waals surface area contributed by atoms with Gasteiger partial charge in [0.25, 0.3) is 0 Å². The van der Waals surface area contributed by atoms with Crippen molar-refractivity contribution in [2.24, 2.45) is 0 Å². The number of nitrogens with zero attached hydrogens (tertiary/aromatic N) is 3. The van der Waals surface area contributed by atoms with E-state index in [4.69, 9.17) is 10.5 Å². The molecule has 1 heterocycles. The maximum absolute atomic E-state index is 12.3. The van der Waals surface area contributed by atoms with Crippen LogP contribution in [0.25, 0.3) is 0 Å². The molecular formula is C14H23F3N4O. The Balaban J connectivity index is 2.99. The van der Waals surface area contributed by atoms with Crippen LogP contribution in [-0.2, 0) is 6.42 Å². The highest BCUT2D eigenvalue weighted by Crippen LogP contribution is 2.29. The maximum Gasteiger partial charge on any atom is 0.422 e. The molecule has 1 rings (SSSR count). The number of rotatable bonds is 7. The van der Waals surface area contributed by atoms with Crippen molar-refractivity contribution in [2.75, 3.05) is 51.5 Å². The number of hydrogen-bond donors (Lipinski definition) is 1. The van der Waals surface area contributed by atoms with E-state index in [1.165, 1.54) is 0 Å². The first-order valence-electron chi connectivity index (χ1n) is 6.98. The molecule has 22 heavy (non-hydrogen) atoms. The van der Waals surface area contributed by atoms with Crippen LogP contribution in [-0.4, -0.2) is 56.9 Å². The van der Waals surface area contributed by atoms with E-state index >= 15 is 0 Å². The molecule has 0 saturated heterocycles. The quantitative estimate of drug-likeness (QED) is 0.834. The molecule has 0 aliphatic heterocycles. The third-order valence-corrected chi connectivity index (χ3v) is 3.07. The first-order valence-corrected chi connectivity index (χ1v) is 6.98. The first kappa shape index (κ1) is 18.3. The fourth-order valence-electron chi connectivity index (χ4n) is 1.86. The molecule has 0 fully saturated rings. The van der Waals surface area contributed by atoms with Crippen LogP contribution >= 0.6 is 0 Å². The normalized spacial score (nSPS) is 11.8. The van der Waals surface area contributed by atoms with Crippen molar-refractivity contribution in [3.63, 3.8) is 0 Å². The second-order valence-corrected chi connectivity index (χ2v) is 5.35. The molecule has 1 aromatic heterocycles. The van der Waals surface area contributed by atoms with E-state index in [0.717, 1.165) is 12.1 Å². The van der Waals surface area contributed by atoms with Crippen LogP contribution < -0.4 is 15.4 Å². The number of alkyl halides is 3. The van der Waals surface area contributed by atoms with Gasteiger partial charge in [-0.25, -0.2) is 0 Å². The lowest BCUT2D eigenvalue weighted by Gasteiger charge is -2.24. The van der Waals surface area contributed by atoms with Gasteiger partial charge in [-0.2, -0.15) is 18.2 Å². The van der Waals surface area contributed by atoms with Gasteiger partial charge < -0.3 is 20.3 Å². The summed E-state index contributed by atoms with van der Waals surface area (Å²) in [6.45, 7) is 2.02. The molecule has 0 aliphatic rings. The molecule has 8 heteroatoms. The Morgan fingerprint density at radius 2 is 1.86 bits per heavy atom. The van der Waals surface area contributed by atoms with E-state index in [0.29, 0.717) is 18.8 Å². The van der Waals surface area contributed by atoms with E-state index in [1.54, 1.807) is 6.07 Å². The number of nitrogen functional groups attached to an aromatic ring is 1. The predicted octanol–water partition coefficient (Wildman–Crippen LogP) is 2.17. The minimum atomic E-state index is -4.42. The van der Waals surface area contributed by atoms with Gasteiger partial charge in [0.05, 0.1) is 5.69 Å². The number of hydrogen-bond acceptors (Lipinski definition) is 5. The van der Waals surface area contributed by atoms with Crippen LogP contribution in [0.5, 0.6) is 5.88 Å². The Morgan fingerprint density at radius 3 is 2.36 bits per heavy atom. The zero-order chi connectivity index (χ0) is 16.9. The van der Waals surface area contributed by atoms with Gasteiger partial charge in [0, 0.05) is 20.1 Å². The van der Waals surface area contributed by atoms with Gasteiger partial charge in [0.15, 0.2) is 6.61 Å². The Labute approximate surface area is 128 Å². The average Bonchev–Trinajstić information content (AvgIpc) is 2.41. The van der Waals surface area contributed by atoms with Gasteiger partial charge in [-0.1, -0.05) is 6.92 Å². The lowest BCUT2D eigenvalue weighted by molar-refractivity contribution is -0.153. The topological polar surface area (TPSA) is 54.6 Å². The molecule has 126 valence electrons. The first-order chi connectivity index (χ1) is 10.1. The van der Waals surface area contributed by atoms with Crippen molar-refractivity contribution in [3.8, 4) is 5.88 Å². The summed E-state index contributed by atoms with van der Waals surface area (Å²) in [5, 5.41) is 0. The SMILES string of the molecule is CCc1cc(N)c(OCC(F)(F)F)nc1N(C)CCN(C)C. The summed E-state index contributed by atoms with van der Waals surface area (Å²) in [6.07, 6.45) is -3.74. The highest BCUT2D eigenvalue weighted by atomic mass is 19.4. The van der Waals surface area contributed by atoms with Crippen molar-refractivity contribution >= 4 is 11.5 Å². The van der Waals surface area contributed by atoms with Crippen molar-refractivity contribution in [3.05, 3.63) is 11.6 Å². The number of halogens is 3. The highest BCUT2D eigenvalue weighted by Gasteiger charge is 2.29. The standard InChI is InChI=1S/C14H23F3N4O/c1-5-10-8-11(18)13(22-9-14(15,16)17)19-12(10)21(4)7-6-20(2)3/h8H,5-7,9,18H2,1-4H3. The lowest BCUT2D eigenvalue weighted by atomic mass is 10.2. The lowest BCUT2D eigenvalue weighted by Crippen LogP contribution is -2.30. The third kappa shape index (κ3) is 5.59. The Kier molecular flexibility index (Phi) is 6.28. The number of aromatic nitrogens is 1. The van der Waals surface area contributed by atoms with Crippen LogP contribution in [0.2, 0.25) is 0 Å². The third-order valence-electron chi connectivity index (χ3n) is 3.07. The summed E-state index contributed by atoms with van der Waals surface area (Å²) < 4.78 is 41.6. The van der Waals surface area contributed by atoms with Crippen molar-refractivity contribution in [1.29, 1.82) is 0 Å². The maximum atomic E-state index is 12.3. The minimum absolute atomic E-state index is 0.117. The van der Waals surface area contributed by atoms with Gasteiger partial charge in [-0.15, -0.1) is 0 Å². The van der Waals surface area contributed by atoms with E-state index in [1.807, 2.05) is 37.9 Å².